The van der Waals surface area contributed by atoms with Gasteiger partial charge in [0.2, 0.25) is 0 Å². The zero-order valence-electron chi connectivity index (χ0n) is 8.94. The third-order valence-electron chi connectivity index (χ3n) is 2.78. The number of ether oxygens (including phenoxy) is 1. The van der Waals surface area contributed by atoms with Crippen LogP contribution in [0.1, 0.15) is 19.3 Å². The Morgan fingerprint density at radius 2 is 2.47 bits per heavy atom. The fraction of sp³-hybridized carbons (Fsp3) is 0.800. The van der Waals surface area contributed by atoms with Crippen LogP contribution in [0.3, 0.4) is 0 Å². The van der Waals surface area contributed by atoms with Gasteiger partial charge in [-0.05, 0) is 19.3 Å². The summed E-state index contributed by atoms with van der Waals surface area (Å²) in [5.74, 6) is 0.502. The first-order valence-corrected chi connectivity index (χ1v) is 6.29. The molecular weight excluding hydrogens is 212 g/mol. The predicted octanol–water partition coefficient (Wildman–Crippen LogP) is 1.12. The van der Waals surface area contributed by atoms with Crippen LogP contribution in [-0.4, -0.2) is 48.0 Å². The number of amidine groups is 1. The van der Waals surface area contributed by atoms with E-state index in [1.807, 2.05) is 0 Å². The molecule has 2 rings (SSSR count). The summed E-state index contributed by atoms with van der Waals surface area (Å²) >= 11 is 1.56. The number of carbonyl (C=O) groups excluding carboxylic acids is 1. The van der Waals surface area contributed by atoms with E-state index in [1.54, 1.807) is 18.9 Å². The molecule has 0 aromatic heterocycles. The third kappa shape index (κ3) is 2.52. The topological polar surface area (TPSA) is 41.9 Å². The van der Waals surface area contributed by atoms with Crippen LogP contribution in [0.2, 0.25) is 0 Å². The number of piperidine rings is 1. The van der Waals surface area contributed by atoms with Crippen LogP contribution in [0.25, 0.3) is 0 Å². The maximum absolute atomic E-state index is 11.1. The number of thioether (sulfide) groups is 1. The normalized spacial score (nSPS) is 27.0. The Hall–Kier alpha value is -0.550. The van der Waals surface area contributed by atoms with E-state index in [0.29, 0.717) is 11.8 Å². The quantitative estimate of drug-likeness (QED) is 0.710. The second-order valence-corrected chi connectivity index (χ2v) is 4.82. The molecule has 1 atom stereocenters. The van der Waals surface area contributed by atoms with Crippen molar-refractivity contribution in [2.45, 2.75) is 25.3 Å². The zero-order valence-corrected chi connectivity index (χ0v) is 9.76. The van der Waals surface area contributed by atoms with Gasteiger partial charge < -0.3 is 9.64 Å². The molecule has 4 nitrogen and oxygen atoms in total. The standard InChI is InChI=1S/C10H16N2O2S/c1-14-6-8-4-2-3-5-12(8)10-11-9(13)7-15-10/h8H,2-7H2,1H3. The summed E-state index contributed by atoms with van der Waals surface area (Å²) in [6.07, 6.45) is 3.58. The minimum absolute atomic E-state index is 0.00302. The van der Waals surface area contributed by atoms with Crippen molar-refractivity contribution in [1.29, 1.82) is 0 Å². The lowest BCUT2D eigenvalue weighted by Crippen LogP contribution is -2.44. The summed E-state index contributed by atoms with van der Waals surface area (Å²) in [7, 11) is 1.72. The smallest absolute Gasteiger partial charge is 0.258 e. The summed E-state index contributed by atoms with van der Waals surface area (Å²) in [5, 5.41) is 0.904. The van der Waals surface area contributed by atoms with E-state index in [1.165, 1.54) is 12.8 Å². The molecule has 15 heavy (non-hydrogen) atoms. The van der Waals surface area contributed by atoms with Gasteiger partial charge in [0.25, 0.3) is 5.91 Å². The van der Waals surface area contributed by atoms with Crippen LogP contribution in [0, 0.1) is 0 Å². The van der Waals surface area contributed by atoms with Gasteiger partial charge in [0, 0.05) is 13.7 Å². The van der Waals surface area contributed by atoms with Gasteiger partial charge in [-0.3, -0.25) is 4.79 Å². The third-order valence-corrected chi connectivity index (χ3v) is 3.75. The molecule has 0 N–H and O–H groups in total. The molecule has 84 valence electrons. The highest BCUT2D eigenvalue weighted by Crippen LogP contribution is 2.24. The number of amides is 1. The van der Waals surface area contributed by atoms with E-state index >= 15 is 0 Å². The van der Waals surface area contributed by atoms with Crippen molar-refractivity contribution in [3.63, 3.8) is 0 Å². The second kappa shape index (κ2) is 4.99. The molecular formula is C10H16N2O2S. The van der Waals surface area contributed by atoms with Gasteiger partial charge in [-0.1, -0.05) is 11.8 Å². The highest BCUT2D eigenvalue weighted by molar-refractivity contribution is 8.14. The minimum Gasteiger partial charge on any atom is -0.383 e. The number of hydrogen-bond donors (Lipinski definition) is 0. The van der Waals surface area contributed by atoms with Crippen LogP contribution in [-0.2, 0) is 9.53 Å². The molecule has 1 fully saturated rings. The fourth-order valence-electron chi connectivity index (χ4n) is 2.06. The Bertz CT molecular complexity index is 279. The highest BCUT2D eigenvalue weighted by atomic mass is 32.2. The van der Waals surface area contributed by atoms with Crippen LogP contribution < -0.4 is 0 Å². The van der Waals surface area contributed by atoms with Crippen LogP contribution >= 0.6 is 11.8 Å². The minimum atomic E-state index is -0.00302. The fourth-order valence-corrected chi connectivity index (χ4v) is 2.95. The number of nitrogens with zero attached hydrogens (tertiary/aromatic N) is 2. The first-order valence-electron chi connectivity index (χ1n) is 5.31. The molecule has 0 aromatic carbocycles. The van der Waals surface area contributed by atoms with E-state index in [0.717, 1.165) is 24.7 Å². The lowest BCUT2D eigenvalue weighted by Gasteiger charge is -2.36. The number of rotatable bonds is 2. The number of hydrogen-bond acceptors (Lipinski definition) is 4. The first-order chi connectivity index (χ1) is 7.31. The Kier molecular flexibility index (Phi) is 3.64. The van der Waals surface area contributed by atoms with Crippen LogP contribution in [0.4, 0.5) is 0 Å². The average molecular weight is 228 g/mol. The van der Waals surface area contributed by atoms with Crippen LogP contribution in [0.15, 0.2) is 4.99 Å². The molecule has 0 spiro atoms. The van der Waals surface area contributed by atoms with E-state index in [2.05, 4.69) is 9.89 Å². The first kappa shape index (κ1) is 11.0. The van der Waals surface area contributed by atoms with Crippen molar-refractivity contribution in [2.75, 3.05) is 26.0 Å². The van der Waals surface area contributed by atoms with Gasteiger partial charge in [-0.15, -0.1) is 0 Å². The maximum atomic E-state index is 11.1. The van der Waals surface area contributed by atoms with Crippen molar-refractivity contribution >= 4 is 22.8 Å². The Morgan fingerprint density at radius 3 is 3.13 bits per heavy atom. The number of aliphatic imine (C=N–C) groups is 1. The average Bonchev–Trinajstić information content (AvgIpc) is 2.66. The Balaban J connectivity index is 2.04. The number of methoxy groups -OCH3 is 1. The molecule has 0 saturated carbocycles. The molecule has 2 heterocycles. The van der Waals surface area contributed by atoms with Gasteiger partial charge in [0.1, 0.15) is 0 Å². The van der Waals surface area contributed by atoms with Crippen molar-refractivity contribution in [1.82, 2.24) is 4.90 Å². The summed E-state index contributed by atoms with van der Waals surface area (Å²) in [6, 6.07) is 0.404. The van der Waals surface area contributed by atoms with Crippen molar-refractivity contribution in [3.8, 4) is 0 Å². The molecule has 0 aromatic rings. The molecule has 1 amide bonds. The van der Waals surface area contributed by atoms with Gasteiger partial charge in [0.15, 0.2) is 5.17 Å². The predicted molar refractivity (Wildman–Crippen MR) is 61.1 cm³/mol. The molecule has 0 aliphatic carbocycles. The van der Waals surface area contributed by atoms with E-state index in [-0.39, 0.29) is 5.91 Å². The SMILES string of the molecule is COCC1CCCCN1C1=NC(=O)CS1. The monoisotopic (exact) mass is 228 g/mol. The Morgan fingerprint density at radius 1 is 1.60 bits per heavy atom. The molecule has 0 bridgehead atoms. The summed E-state index contributed by atoms with van der Waals surface area (Å²) in [6.45, 7) is 1.74. The zero-order chi connectivity index (χ0) is 10.7. The lowest BCUT2D eigenvalue weighted by molar-refractivity contribution is -0.115. The lowest BCUT2D eigenvalue weighted by atomic mass is 10.0. The summed E-state index contributed by atoms with van der Waals surface area (Å²) in [5.41, 5.74) is 0. The maximum Gasteiger partial charge on any atom is 0.258 e. The van der Waals surface area contributed by atoms with Crippen molar-refractivity contribution in [2.24, 2.45) is 4.99 Å². The largest absolute Gasteiger partial charge is 0.383 e. The molecule has 0 radical (unpaired) electrons. The highest BCUT2D eigenvalue weighted by Gasteiger charge is 2.28. The van der Waals surface area contributed by atoms with Gasteiger partial charge in [-0.2, -0.15) is 4.99 Å². The number of carbonyl (C=O) groups is 1. The van der Waals surface area contributed by atoms with E-state index in [4.69, 9.17) is 4.74 Å². The summed E-state index contributed by atoms with van der Waals surface area (Å²) in [4.78, 5) is 17.4. The molecule has 2 aliphatic rings. The summed E-state index contributed by atoms with van der Waals surface area (Å²) < 4.78 is 5.21. The number of likely N-dealkylation sites (tertiary alicyclic amines) is 1. The van der Waals surface area contributed by atoms with Gasteiger partial charge in [-0.25, -0.2) is 0 Å². The van der Waals surface area contributed by atoms with Crippen molar-refractivity contribution < 1.29 is 9.53 Å². The molecule has 5 heteroatoms. The molecule has 1 unspecified atom stereocenters. The van der Waals surface area contributed by atoms with Gasteiger partial charge >= 0.3 is 0 Å². The van der Waals surface area contributed by atoms with Crippen LogP contribution in [0.5, 0.6) is 0 Å². The van der Waals surface area contributed by atoms with E-state index in [9.17, 15) is 4.79 Å². The van der Waals surface area contributed by atoms with Crippen molar-refractivity contribution in [3.05, 3.63) is 0 Å². The Labute approximate surface area is 94.1 Å². The second-order valence-electron chi connectivity index (χ2n) is 3.88. The molecule has 1 saturated heterocycles. The van der Waals surface area contributed by atoms with Gasteiger partial charge in [0.05, 0.1) is 18.4 Å². The van der Waals surface area contributed by atoms with E-state index < -0.39 is 0 Å². The molecule has 2 aliphatic heterocycles.